The summed E-state index contributed by atoms with van der Waals surface area (Å²) in [5.41, 5.74) is 0.516. The fourth-order valence-corrected chi connectivity index (χ4v) is 3.32. The number of amides is 3. The van der Waals surface area contributed by atoms with E-state index in [2.05, 4.69) is 16.7 Å². The van der Waals surface area contributed by atoms with E-state index in [-0.39, 0.29) is 18.2 Å². The lowest BCUT2D eigenvalue weighted by molar-refractivity contribution is -0.139. The predicted octanol–water partition coefficient (Wildman–Crippen LogP) is 3.72. The Morgan fingerprint density at radius 3 is 2.17 bits per heavy atom. The number of rotatable bonds is 8. The highest BCUT2D eigenvalue weighted by molar-refractivity contribution is 5.93. The van der Waals surface area contributed by atoms with Gasteiger partial charge in [0.15, 0.2) is 0 Å². The van der Waals surface area contributed by atoms with Crippen LogP contribution in [-0.4, -0.2) is 39.6 Å². The van der Waals surface area contributed by atoms with Crippen LogP contribution >= 0.6 is 0 Å². The van der Waals surface area contributed by atoms with Crippen molar-refractivity contribution in [2.24, 2.45) is 5.92 Å². The molecule has 0 saturated heterocycles. The molecule has 0 spiro atoms. The predicted molar refractivity (Wildman–Crippen MR) is 133 cm³/mol. The number of terminal acetylenes is 1. The first-order chi connectivity index (χ1) is 16.4. The molecule has 2 unspecified atom stereocenters. The van der Waals surface area contributed by atoms with Gasteiger partial charge in [0, 0.05) is 12.6 Å². The molecular weight excluding hydrogens is 446 g/mol. The van der Waals surface area contributed by atoms with Crippen LogP contribution in [0.3, 0.4) is 0 Å². The molecular formula is C27H33N3O5. The van der Waals surface area contributed by atoms with Gasteiger partial charge in [0.05, 0.1) is 0 Å². The van der Waals surface area contributed by atoms with Gasteiger partial charge in [-0.2, -0.15) is 0 Å². The molecule has 0 aliphatic carbocycles. The fraction of sp³-hybridized carbons (Fsp3) is 0.370. The van der Waals surface area contributed by atoms with Crippen molar-refractivity contribution in [3.8, 4) is 18.2 Å². The Morgan fingerprint density at radius 1 is 1.06 bits per heavy atom. The summed E-state index contributed by atoms with van der Waals surface area (Å²) in [5.74, 6) is -1.49. The summed E-state index contributed by atoms with van der Waals surface area (Å²) in [6, 6.07) is 15.2. The van der Waals surface area contributed by atoms with Gasteiger partial charge in [0.1, 0.15) is 23.4 Å². The highest BCUT2D eigenvalue weighted by atomic mass is 16.6. The van der Waals surface area contributed by atoms with E-state index in [0.29, 0.717) is 5.56 Å². The molecule has 3 amide bonds. The second-order valence-electron chi connectivity index (χ2n) is 9.40. The maximum Gasteiger partial charge on any atom is 0.408 e. The minimum atomic E-state index is -1.20. The lowest BCUT2D eigenvalue weighted by atomic mass is 9.99. The molecule has 2 aromatic carbocycles. The second-order valence-corrected chi connectivity index (χ2v) is 9.40. The molecule has 2 aromatic rings. The number of phenols is 1. The van der Waals surface area contributed by atoms with E-state index in [0.717, 1.165) is 10.5 Å². The van der Waals surface area contributed by atoms with E-state index in [4.69, 9.17) is 11.2 Å². The van der Waals surface area contributed by atoms with Crippen LogP contribution in [0.2, 0.25) is 0 Å². The van der Waals surface area contributed by atoms with Crippen LogP contribution in [-0.2, 0) is 20.9 Å². The molecule has 0 heterocycles. The highest BCUT2D eigenvalue weighted by Crippen LogP contribution is 2.25. The molecule has 0 bridgehead atoms. The van der Waals surface area contributed by atoms with Gasteiger partial charge in [0.2, 0.25) is 5.91 Å². The van der Waals surface area contributed by atoms with Gasteiger partial charge in [-0.25, -0.2) is 4.79 Å². The van der Waals surface area contributed by atoms with Crippen LogP contribution in [0.1, 0.15) is 51.8 Å². The van der Waals surface area contributed by atoms with Gasteiger partial charge < -0.3 is 20.5 Å². The third-order valence-corrected chi connectivity index (χ3v) is 5.01. The lowest BCUT2D eigenvalue weighted by Crippen LogP contribution is -2.53. The zero-order valence-electron chi connectivity index (χ0n) is 20.7. The van der Waals surface area contributed by atoms with Crippen molar-refractivity contribution in [2.45, 2.75) is 58.8 Å². The van der Waals surface area contributed by atoms with E-state index in [9.17, 15) is 19.5 Å². The first-order valence-corrected chi connectivity index (χ1v) is 11.3. The summed E-state index contributed by atoms with van der Waals surface area (Å²) in [4.78, 5) is 40.3. The largest absolute Gasteiger partial charge is 0.508 e. The maximum absolute atomic E-state index is 13.6. The van der Waals surface area contributed by atoms with Gasteiger partial charge in [-0.05, 0) is 49.9 Å². The number of carbonyl (C=O) groups excluding carboxylic acids is 3. The average molecular weight is 480 g/mol. The number of benzene rings is 2. The molecule has 8 nitrogen and oxygen atoms in total. The number of ether oxygens (including phenoxy) is 1. The van der Waals surface area contributed by atoms with Crippen LogP contribution in [0.5, 0.6) is 5.75 Å². The molecule has 186 valence electrons. The van der Waals surface area contributed by atoms with E-state index in [1.54, 1.807) is 34.6 Å². The normalized spacial score (nSPS) is 12.7. The monoisotopic (exact) mass is 479 g/mol. The summed E-state index contributed by atoms with van der Waals surface area (Å²) in [7, 11) is 0. The number of phenolic OH excluding ortho intramolecular Hbond substituents is 1. The zero-order valence-corrected chi connectivity index (χ0v) is 20.7. The van der Waals surface area contributed by atoms with Gasteiger partial charge >= 0.3 is 6.09 Å². The average Bonchev–Trinajstić information content (AvgIpc) is 2.79. The molecule has 2 rings (SSSR count). The van der Waals surface area contributed by atoms with Gasteiger partial charge in [-0.3, -0.25) is 14.5 Å². The van der Waals surface area contributed by atoms with E-state index in [1.165, 1.54) is 24.3 Å². The SMILES string of the molecule is C#CN(C(=O)C(NC(=O)OC(C)(C)C)C(C)C)C(C(=O)NCc1ccccc1)c1ccc(O)cc1. The minimum absolute atomic E-state index is 0.00225. The Balaban J connectivity index is 2.36. The molecule has 0 radical (unpaired) electrons. The Morgan fingerprint density at radius 2 is 1.66 bits per heavy atom. The van der Waals surface area contributed by atoms with Gasteiger partial charge in [-0.1, -0.05) is 62.7 Å². The second kappa shape index (κ2) is 11.9. The summed E-state index contributed by atoms with van der Waals surface area (Å²) < 4.78 is 5.30. The van der Waals surface area contributed by atoms with Crippen LogP contribution in [0.15, 0.2) is 54.6 Å². The van der Waals surface area contributed by atoms with Crippen molar-refractivity contribution < 1.29 is 24.2 Å². The molecule has 0 aliphatic heterocycles. The third-order valence-electron chi connectivity index (χ3n) is 5.01. The molecule has 35 heavy (non-hydrogen) atoms. The minimum Gasteiger partial charge on any atom is -0.508 e. The maximum atomic E-state index is 13.6. The van der Waals surface area contributed by atoms with Gasteiger partial charge in [0.25, 0.3) is 5.91 Å². The van der Waals surface area contributed by atoms with Crippen LogP contribution in [0.4, 0.5) is 4.79 Å². The van der Waals surface area contributed by atoms with Gasteiger partial charge in [-0.15, -0.1) is 0 Å². The van der Waals surface area contributed by atoms with E-state index < -0.39 is 35.6 Å². The van der Waals surface area contributed by atoms with Crippen molar-refractivity contribution in [1.29, 1.82) is 0 Å². The highest BCUT2D eigenvalue weighted by Gasteiger charge is 2.37. The van der Waals surface area contributed by atoms with Crippen LogP contribution in [0, 0.1) is 18.4 Å². The lowest BCUT2D eigenvalue weighted by Gasteiger charge is -2.31. The van der Waals surface area contributed by atoms with E-state index in [1.807, 2.05) is 30.3 Å². The molecule has 2 atom stereocenters. The quantitative estimate of drug-likeness (QED) is 0.395. The molecule has 3 N–H and O–H groups in total. The number of carbonyl (C=O) groups is 3. The summed E-state index contributed by atoms with van der Waals surface area (Å²) >= 11 is 0. The summed E-state index contributed by atoms with van der Waals surface area (Å²) in [6.07, 6.45) is 4.97. The Bertz CT molecular complexity index is 1050. The number of nitrogens with zero attached hydrogens (tertiary/aromatic N) is 1. The van der Waals surface area contributed by atoms with Crippen LogP contribution < -0.4 is 10.6 Å². The fourth-order valence-electron chi connectivity index (χ4n) is 3.32. The zero-order chi connectivity index (χ0) is 26.2. The molecule has 0 aromatic heterocycles. The van der Waals surface area contributed by atoms with Crippen LogP contribution in [0.25, 0.3) is 0 Å². The van der Waals surface area contributed by atoms with Crippen molar-refractivity contribution in [3.63, 3.8) is 0 Å². The first-order valence-electron chi connectivity index (χ1n) is 11.3. The molecule has 0 aliphatic rings. The number of alkyl carbamates (subject to hydrolysis) is 1. The topological polar surface area (TPSA) is 108 Å². The molecule has 0 fully saturated rings. The van der Waals surface area contributed by atoms with Crippen molar-refractivity contribution >= 4 is 17.9 Å². The van der Waals surface area contributed by atoms with Crippen molar-refractivity contribution in [3.05, 3.63) is 65.7 Å². The van der Waals surface area contributed by atoms with Crippen molar-refractivity contribution in [2.75, 3.05) is 0 Å². The Hall–Kier alpha value is -3.99. The Kier molecular flexibility index (Phi) is 9.29. The number of hydrogen-bond donors (Lipinski definition) is 3. The molecule has 8 heteroatoms. The standard InChI is InChI=1S/C27H33N3O5/c1-7-30(25(33)22(18(2)3)29-26(34)35-27(4,5)6)23(20-13-15-21(31)16-14-20)24(32)28-17-19-11-9-8-10-12-19/h1,8-16,18,22-23,31H,17H2,2-6H3,(H,28,32)(H,29,34). The number of nitrogens with one attached hydrogen (secondary N) is 2. The third kappa shape index (κ3) is 8.07. The smallest absolute Gasteiger partial charge is 0.408 e. The Labute approximate surface area is 206 Å². The number of hydrogen-bond acceptors (Lipinski definition) is 5. The number of aromatic hydroxyl groups is 1. The molecule has 0 saturated carbocycles. The summed E-state index contributed by atoms with van der Waals surface area (Å²) in [6.45, 7) is 8.86. The van der Waals surface area contributed by atoms with E-state index >= 15 is 0 Å². The van der Waals surface area contributed by atoms with Crippen molar-refractivity contribution in [1.82, 2.24) is 15.5 Å². The summed E-state index contributed by atoms with van der Waals surface area (Å²) in [5, 5.41) is 15.1. The first kappa shape index (κ1) is 27.3.